The molecule has 0 aliphatic carbocycles. The number of benzene rings is 1. The lowest BCUT2D eigenvalue weighted by Gasteiger charge is -2.30. The van der Waals surface area contributed by atoms with E-state index in [1.807, 2.05) is 20.8 Å². The quantitative estimate of drug-likeness (QED) is 0.872. The van der Waals surface area contributed by atoms with Crippen LogP contribution in [0.5, 0.6) is 0 Å². The first kappa shape index (κ1) is 18.9. The summed E-state index contributed by atoms with van der Waals surface area (Å²) < 4.78 is 0. The number of rotatable bonds is 5. The van der Waals surface area contributed by atoms with Gasteiger partial charge in [0.05, 0.1) is 6.04 Å². The van der Waals surface area contributed by atoms with Crippen molar-refractivity contribution in [3.8, 4) is 0 Å². The van der Waals surface area contributed by atoms with Gasteiger partial charge in [-0.05, 0) is 41.8 Å². The van der Waals surface area contributed by atoms with E-state index in [1.165, 1.54) is 31.5 Å². The van der Waals surface area contributed by atoms with E-state index in [9.17, 15) is 4.79 Å². The minimum Gasteiger partial charge on any atom is -0.351 e. The van der Waals surface area contributed by atoms with Crippen LogP contribution in [-0.4, -0.2) is 29.9 Å². The van der Waals surface area contributed by atoms with Gasteiger partial charge in [-0.15, -0.1) is 0 Å². The molecule has 4 nitrogen and oxygen atoms in total. The fraction of sp³-hybridized carbons (Fsp3) is 0.650. The number of amides is 1. The Bertz CT molecular complexity index is 533. The van der Waals surface area contributed by atoms with Gasteiger partial charge in [0.15, 0.2) is 0 Å². The van der Waals surface area contributed by atoms with E-state index in [0.717, 1.165) is 18.0 Å². The fourth-order valence-electron chi connectivity index (χ4n) is 3.14. The number of likely N-dealkylation sites (tertiary alicyclic amines) is 1. The van der Waals surface area contributed by atoms with Gasteiger partial charge in [-0.3, -0.25) is 9.69 Å². The largest absolute Gasteiger partial charge is 0.351 e. The first-order valence-electron chi connectivity index (χ1n) is 9.09. The molecule has 134 valence electrons. The molecule has 1 heterocycles. The Morgan fingerprint density at radius 2 is 1.92 bits per heavy atom. The van der Waals surface area contributed by atoms with Gasteiger partial charge in [-0.1, -0.05) is 52.0 Å². The third kappa shape index (κ3) is 5.60. The topological polar surface area (TPSA) is 58.4 Å². The maximum atomic E-state index is 12.1. The standard InChI is InChI=1S/C20H33N3O/c1-15-6-5-11-23(13-15)14-17-9-7-16(8-10-17)12-22-19(24)18(21)20(2,3)4/h7-10,15,18H,5-6,11-14,21H2,1-4H3,(H,22,24)/t15?,18-/m1/s1. The van der Waals surface area contributed by atoms with Gasteiger partial charge in [0.2, 0.25) is 5.91 Å². The highest BCUT2D eigenvalue weighted by atomic mass is 16.2. The van der Waals surface area contributed by atoms with Crippen LogP contribution in [0.25, 0.3) is 0 Å². The molecular weight excluding hydrogens is 298 g/mol. The van der Waals surface area contributed by atoms with Gasteiger partial charge >= 0.3 is 0 Å². The van der Waals surface area contributed by atoms with Crippen LogP contribution >= 0.6 is 0 Å². The Labute approximate surface area is 146 Å². The van der Waals surface area contributed by atoms with Crippen LogP contribution in [0.15, 0.2) is 24.3 Å². The zero-order valence-corrected chi connectivity index (χ0v) is 15.6. The summed E-state index contributed by atoms with van der Waals surface area (Å²) in [4.78, 5) is 14.6. The predicted octanol–water partition coefficient (Wildman–Crippen LogP) is 2.91. The third-order valence-corrected chi connectivity index (χ3v) is 4.85. The molecule has 1 aliphatic heterocycles. The van der Waals surface area contributed by atoms with E-state index >= 15 is 0 Å². The maximum absolute atomic E-state index is 12.1. The molecule has 1 aromatic carbocycles. The Kier molecular flexibility index (Phi) is 6.41. The van der Waals surface area contributed by atoms with Crippen LogP contribution in [0.1, 0.15) is 51.7 Å². The lowest BCUT2D eigenvalue weighted by Crippen LogP contribution is -2.48. The van der Waals surface area contributed by atoms with E-state index in [-0.39, 0.29) is 11.3 Å². The summed E-state index contributed by atoms with van der Waals surface area (Å²) in [5, 5.41) is 2.94. The molecule has 2 atom stereocenters. The summed E-state index contributed by atoms with van der Waals surface area (Å²) >= 11 is 0. The van der Waals surface area contributed by atoms with Crippen molar-refractivity contribution in [3.05, 3.63) is 35.4 Å². The Morgan fingerprint density at radius 1 is 1.29 bits per heavy atom. The van der Waals surface area contributed by atoms with Gasteiger partial charge in [-0.25, -0.2) is 0 Å². The Balaban J connectivity index is 1.82. The van der Waals surface area contributed by atoms with Crippen LogP contribution in [0.3, 0.4) is 0 Å². The van der Waals surface area contributed by atoms with E-state index < -0.39 is 6.04 Å². The highest BCUT2D eigenvalue weighted by Gasteiger charge is 2.27. The van der Waals surface area contributed by atoms with Crippen LogP contribution in [0.2, 0.25) is 0 Å². The third-order valence-electron chi connectivity index (χ3n) is 4.85. The molecule has 0 spiro atoms. The molecule has 1 unspecified atom stereocenters. The molecule has 24 heavy (non-hydrogen) atoms. The van der Waals surface area contributed by atoms with Crippen molar-refractivity contribution in [2.45, 2.75) is 59.7 Å². The molecule has 1 saturated heterocycles. The van der Waals surface area contributed by atoms with E-state index in [1.54, 1.807) is 0 Å². The van der Waals surface area contributed by atoms with Crippen molar-refractivity contribution in [3.63, 3.8) is 0 Å². The zero-order chi connectivity index (χ0) is 17.7. The molecular formula is C20H33N3O. The number of nitrogens with two attached hydrogens (primary N) is 1. The van der Waals surface area contributed by atoms with Gasteiger partial charge < -0.3 is 11.1 Å². The Hall–Kier alpha value is -1.39. The minimum absolute atomic E-state index is 0.0890. The average Bonchev–Trinajstić information content (AvgIpc) is 2.52. The number of nitrogens with one attached hydrogen (secondary N) is 1. The zero-order valence-electron chi connectivity index (χ0n) is 15.6. The molecule has 1 amide bonds. The molecule has 0 saturated carbocycles. The summed E-state index contributed by atoms with van der Waals surface area (Å²) in [6.07, 6.45) is 2.66. The number of carbonyl (C=O) groups is 1. The second kappa shape index (κ2) is 8.13. The van der Waals surface area contributed by atoms with E-state index in [2.05, 4.69) is 41.4 Å². The summed E-state index contributed by atoms with van der Waals surface area (Å²) in [7, 11) is 0. The van der Waals surface area contributed by atoms with Crippen LogP contribution < -0.4 is 11.1 Å². The number of nitrogens with zero attached hydrogens (tertiary/aromatic N) is 1. The molecule has 0 bridgehead atoms. The van der Waals surface area contributed by atoms with Crippen molar-refractivity contribution in [2.75, 3.05) is 13.1 Å². The van der Waals surface area contributed by atoms with Crippen molar-refractivity contribution in [1.82, 2.24) is 10.2 Å². The van der Waals surface area contributed by atoms with Crippen molar-refractivity contribution >= 4 is 5.91 Å². The van der Waals surface area contributed by atoms with E-state index in [4.69, 9.17) is 5.73 Å². The molecule has 1 aliphatic rings. The molecule has 1 fully saturated rings. The number of piperidine rings is 1. The average molecular weight is 332 g/mol. The van der Waals surface area contributed by atoms with Gasteiger partial charge in [0.25, 0.3) is 0 Å². The number of hydrogen-bond donors (Lipinski definition) is 2. The first-order valence-corrected chi connectivity index (χ1v) is 9.09. The molecule has 0 radical (unpaired) electrons. The molecule has 1 aromatic rings. The van der Waals surface area contributed by atoms with Crippen molar-refractivity contribution < 1.29 is 4.79 Å². The number of carbonyl (C=O) groups excluding carboxylic acids is 1. The van der Waals surface area contributed by atoms with E-state index in [0.29, 0.717) is 6.54 Å². The smallest absolute Gasteiger partial charge is 0.237 e. The molecule has 4 heteroatoms. The van der Waals surface area contributed by atoms with Gasteiger partial charge in [-0.2, -0.15) is 0 Å². The van der Waals surface area contributed by atoms with Crippen LogP contribution in [0, 0.1) is 11.3 Å². The van der Waals surface area contributed by atoms with Crippen molar-refractivity contribution in [2.24, 2.45) is 17.1 Å². The monoisotopic (exact) mass is 331 g/mol. The predicted molar refractivity (Wildman–Crippen MR) is 99.4 cm³/mol. The summed E-state index contributed by atoms with van der Waals surface area (Å²) in [6, 6.07) is 8.06. The second-order valence-corrected chi connectivity index (χ2v) is 8.36. The maximum Gasteiger partial charge on any atom is 0.237 e. The van der Waals surface area contributed by atoms with Crippen molar-refractivity contribution in [1.29, 1.82) is 0 Å². The van der Waals surface area contributed by atoms with Gasteiger partial charge in [0.1, 0.15) is 0 Å². The lowest BCUT2D eigenvalue weighted by molar-refractivity contribution is -0.124. The van der Waals surface area contributed by atoms with Crippen LogP contribution in [0.4, 0.5) is 0 Å². The molecule has 2 rings (SSSR count). The van der Waals surface area contributed by atoms with Crippen LogP contribution in [-0.2, 0) is 17.9 Å². The molecule has 3 N–H and O–H groups in total. The lowest BCUT2D eigenvalue weighted by atomic mass is 9.87. The number of hydrogen-bond acceptors (Lipinski definition) is 3. The SMILES string of the molecule is CC1CCCN(Cc2ccc(CNC(=O)[C@@H](N)C(C)(C)C)cc2)C1. The second-order valence-electron chi connectivity index (χ2n) is 8.36. The summed E-state index contributed by atoms with van der Waals surface area (Å²) in [5.74, 6) is 0.717. The summed E-state index contributed by atoms with van der Waals surface area (Å²) in [5.41, 5.74) is 8.21. The fourth-order valence-corrected chi connectivity index (χ4v) is 3.14. The first-order chi connectivity index (χ1) is 11.3. The normalized spacial score (nSPS) is 20.6. The molecule has 0 aromatic heterocycles. The summed E-state index contributed by atoms with van der Waals surface area (Å²) in [6.45, 7) is 12.2. The highest BCUT2D eigenvalue weighted by molar-refractivity contribution is 5.82. The highest BCUT2D eigenvalue weighted by Crippen LogP contribution is 2.19. The van der Waals surface area contributed by atoms with Gasteiger partial charge in [0, 0.05) is 19.6 Å². The minimum atomic E-state index is -0.488. The Morgan fingerprint density at radius 3 is 2.50 bits per heavy atom.